The maximum atomic E-state index is 11.7. The lowest BCUT2D eigenvalue weighted by Crippen LogP contribution is -2.18. The van der Waals surface area contributed by atoms with E-state index in [1.165, 1.54) is 0 Å². The molecule has 0 aliphatic heterocycles. The lowest BCUT2D eigenvalue weighted by molar-refractivity contribution is 0.0995. The van der Waals surface area contributed by atoms with Crippen LogP contribution in [0.4, 0.5) is 0 Å². The van der Waals surface area contributed by atoms with E-state index in [0.29, 0.717) is 17.1 Å². The predicted molar refractivity (Wildman–Crippen MR) is 84.3 cm³/mol. The van der Waals surface area contributed by atoms with Gasteiger partial charge in [-0.1, -0.05) is 39.3 Å². The molecule has 19 heavy (non-hydrogen) atoms. The third-order valence-electron chi connectivity index (χ3n) is 2.28. The number of likely N-dealkylation sites (N-methyl/N-ethyl adjacent to an activating group) is 1. The van der Waals surface area contributed by atoms with E-state index >= 15 is 0 Å². The Balaban J connectivity index is 0.000000741. The summed E-state index contributed by atoms with van der Waals surface area (Å²) in [6.45, 7) is 8.33. The van der Waals surface area contributed by atoms with Crippen LogP contribution in [-0.2, 0) is 0 Å². The Morgan fingerprint density at radius 3 is 2.47 bits per heavy atom. The fourth-order valence-corrected chi connectivity index (χ4v) is 1.75. The molecule has 1 aromatic carbocycles. The highest BCUT2D eigenvalue weighted by atomic mass is 35.5. The Kier molecular flexibility index (Phi) is 8.92. The van der Waals surface area contributed by atoms with E-state index < -0.39 is 0 Å². The number of rotatable bonds is 3. The molecule has 0 unspecified atom stereocenters. The average Bonchev–Trinajstić information content (AvgIpc) is 2.86. The maximum absolute atomic E-state index is 11.7. The SMILES string of the molecule is CC.CC.CNCC(=O)c1c[nH]c2ccc(Cl)cc12. The van der Waals surface area contributed by atoms with Crippen LogP contribution in [0.3, 0.4) is 0 Å². The number of halogens is 1. The van der Waals surface area contributed by atoms with Gasteiger partial charge in [-0.3, -0.25) is 4.79 Å². The van der Waals surface area contributed by atoms with Crippen molar-refractivity contribution in [3.8, 4) is 0 Å². The Morgan fingerprint density at radius 1 is 1.26 bits per heavy atom. The van der Waals surface area contributed by atoms with E-state index in [1.807, 2.05) is 33.8 Å². The molecule has 106 valence electrons. The standard InChI is InChI=1S/C11H11ClN2O.2C2H6/c1-13-6-11(15)9-5-14-10-3-2-7(12)4-8(9)10;2*1-2/h2-5,13-14H,6H2,1H3;2*1-2H3. The number of Topliss-reactive ketones (excluding diaryl/α,β-unsaturated/α-hetero) is 1. The first-order valence-electron chi connectivity index (χ1n) is 6.67. The number of H-pyrrole nitrogens is 1. The summed E-state index contributed by atoms with van der Waals surface area (Å²) in [7, 11) is 1.75. The molecule has 0 bridgehead atoms. The van der Waals surface area contributed by atoms with Gasteiger partial charge in [-0.15, -0.1) is 0 Å². The minimum absolute atomic E-state index is 0.0611. The predicted octanol–water partition coefficient (Wildman–Crippen LogP) is 4.28. The number of nitrogens with one attached hydrogen (secondary N) is 2. The summed E-state index contributed by atoms with van der Waals surface area (Å²) in [5.74, 6) is 0.0611. The molecule has 0 saturated heterocycles. The molecule has 3 nitrogen and oxygen atoms in total. The molecule has 1 heterocycles. The summed E-state index contributed by atoms with van der Waals surface area (Å²) in [5.41, 5.74) is 1.61. The van der Waals surface area contributed by atoms with Crippen LogP contribution in [-0.4, -0.2) is 24.4 Å². The van der Waals surface area contributed by atoms with Crippen LogP contribution in [0.1, 0.15) is 38.1 Å². The summed E-state index contributed by atoms with van der Waals surface area (Å²) in [6.07, 6.45) is 1.72. The number of ketones is 1. The Bertz CT molecular complexity index is 506. The molecule has 2 aromatic rings. The molecular weight excluding hydrogens is 260 g/mol. The third-order valence-corrected chi connectivity index (χ3v) is 2.52. The minimum atomic E-state index is 0.0611. The summed E-state index contributed by atoms with van der Waals surface area (Å²) in [5, 5.41) is 4.36. The molecule has 0 atom stereocenters. The van der Waals surface area contributed by atoms with E-state index in [-0.39, 0.29) is 5.78 Å². The number of fused-ring (bicyclic) bond motifs is 1. The number of carbonyl (C=O) groups is 1. The Hall–Kier alpha value is -1.32. The zero-order valence-corrected chi connectivity index (χ0v) is 13.1. The topological polar surface area (TPSA) is 44.9 Å². The normalized spacial score (nSPS) is 9.16. The number of aromatic amines is 1. The first-order valence-corrected chi connectivity index (χ1v) is 7.04. The molecule has 0 aliphatic rings. The van der Waals surface area contributed by atoms with Crippen LogP contribution in [0, 0.1) is 0 Å². The quantitative estimate of drug-likeness (QED) is 0.826. The summed E-state index contributed by atoms with van der Waals surface area (Å²) < 4.78 is 0. The van der Waals surface area contributed by atoms with Gasteiger partial charge >= 0.3 is 0 Å². The second-order valence-electron chi connectivity index (χ2n) is 3.35. The molecule has 0 radical (unpaired) electrons. The summed E-state index contributed by atoms with van der Waals surface area (Å²) >= 11 is 5.89. The van der Waals surface area contributed by atoms with Crippen molar-refractivity contribution in [3.05, 3.63) is 35.0 Å². The highest BCUT2D eigenvalue weighted by molar-refractivity contribution is 6.31. The second-order valence-corrected chi connectivity index (χ2v) is 3.78. The highest BCUT2D eigenvalue weighted by Crippen LogP contribution is 2.22. The van der Waals surface area contributed by atoms with E-state index in [1.54, 1.807) is 25.4 Å². The van der Waals surface area contributed by atoms with E-state index in [4.69, 9.17) is 11.6 Å². The Morgan fingerprint density at radius 2 is 1.89 bits per heavy atom. The smallest absolute Gasteiger partial charge is 0.178 e. The van der Waals surface area contributed by atoms with Gasteiger partial charge in [-0.2, -0.15) is 0 Å². The molecule has 2 N–H and O–H groups in total. The van der Waals surface area contributed by atoms with Crippen LogP contribution in [0.25, 0.3) is 10.9 Å². The first kappa shape index (κ1) is 17.7. The highest BCUT2D eigenvalue weighted by Gasteiger charge is 2.10. The molecule has 0 saturated carbocycles. The monoisotopic (exact) mass is 282 g/mol. The summed E-state index contributed by atoms with van der Waals surface area (Å²) in [4.78, 5) is 14.8. The molecule has 0 fully saturated rings. The average molecular weight is 283 g/mol. The van der Waals surface area contributed by atoms with Crippen molar-refractivity contribution in [1.82, 2.24) is 10.3 Å². The molecule has 0 spiro atoms. The minimum Gasteiger partial charge on any atom is -0.360 e. The van der Waals surface area contributed by atoms with Crippen molar-refractivity contribution in [1.29, 1.82) is 0 Å². The van der Waals surface area contributed by atoms with Crippen LogP contribution < -0.4 is 5.32 Å². The van der Waals surface area contributed by atoms with Crippen LogP contribution in [0.2, 0.25) is 5.02 Å². The number of benzene rings is 1. The maximum Gasteiger partial charge on any atom is 0.178 e. The second kappa shape index (κ2) is 9.59. The third kappa shape index (κ3) is 4.69. The number of carbonyl (C=O) groups excluding carboxylic acids is 1. The van der Waals surface area contributed by atoms with Crippen molar-refractivity contribution in [2.45, 2.75) is 27.7 Å². The van der Waals surface area contributed by atoms with Gasteiger partial charge < -0.3 is 10.3 Å². The van der Waals surface area contributed by atoms with Crippen LogP contribution >= 0.6 is 11.6 Å². The van der Waals surface area contributed by atoms with Gasteiger partial charge in [0, 0.05) is 27.7 Å². The van der Waals surface area contributed by atoms with Crippen molar-refractivity contribution in [2.75, 3.05) is 13.6 Å². The van der Waals surface area contributed by atoms with E-state index in [9.17, 15) is 4.79 Å². The van der Waals surface area contributed by atoms with Gasteiger partial charge in [0.25, 0.3) is 0 Å². The molecule has 2 rings (SSSR count). The zero-order chi connectivity index (χ0) is 14.8. The van der Waals surface area contributed by atoms with Gasteiger partial charge in [-0.25, -0.2) is 0 Å². The van der Waals surface area contributed by atoms with Crippen molar-refractivity contribution >= 4 is 28.3 Å². The largest absolute Gasteiger partial charge is 0.360 e. The van der Waals surface area contributed by atoms with Gasteiger partial charge in [0.15, 0.2) is 5.78 Å². The fourth-order valence-electron chi connectivity index (χ4n) is 1.58. The first-order chi connectivity index (χ1) is 9.22. The van der Waals surface area contributed by atoms with Crippen molar-refractivity contribution < 1.29 is 4.79 Å². The van der Waals surface area contributed by atoms with Crippen LogP contribution in [0.5, 0.6) is 0 Å². The number of hydrogen-bond acceptors (Lipinski definition) is 2. The molecule has 1 aromatic heterocycles. The Labute approximate surface area is 120 Å². The van der Waals surface area contributed by atoms with Crippen molar-refractivity contribution in [3.63, 3.8) is 0 Å². The van der Waals surface area contributed by atoms with Crippen LogP contribution in [0.15, 0.2) is 24.4 Å². The molecular formula is C15H23ClN2O. The molecule has 0 amide bonds. The van der Waals surface area contributed by atoms with Crippen molar-refractivity contribution in [2.24, 2.45) is 0 Å². The summed E-state index contributed by atoms with van der Waals surface area (Å²) in [6, 6.07) is 5.47. The van der Waals surface area contributed by atoms with Gasteiger partial charge in [-0.05, 0) is 25.2 Å². The fraction of sp³-hybridized carbons (Fsp3) is 0.400. The van der Waals surface area contributed by atoms with E-state index in [0.717, 1.165) is 10.9 Å². The van der Waals surface area contributed by atoms with E-state index in [2.05, 4.69) is 10.3 Å². The van der Waals surface area contributed by atoms with Gasteiger partial charge in [0.1, 0.15) is 0 Å². The molecule has 4 heteroatoms. The van der Waals surface area contributed by atoms with Gasteiger partial charge in [0.05, 0.1) is 6.54 Å². The lowest BCUT2D eigenvalue weighted by Gasteiger charge is -1.98. The lowest BCUT2D eigenvalue weighted by atomic mass is 10.1. The van der Waals surface area contributed by atoms with Gasteiger partial charge in [0.2, 0.25) is 0 Å². The molecule has 0 aliphatic carbocycles. The number of aromatic nitrogens is 1. The zero-order valence-electron chi connectivity index (χ0n) is 12.3. The number of hydrogen-bond donors (Lipinski definition) is 2.